The van der Waals surface area contributed by atoms with Crippen LogP contribution < -0.4 is 10.9 Å². The van der Waals surface area contributed by atoms with Gasteiger partial charge in [0.2, 0.25) is 0 Å². The molecule has 0 spiro atoms. The van der Waals surface area contributed by atoms with Gasteiger partial charge in [-0.25, -0.2) is 10.9 Å². The van der Waals surface area contributed by atoms with Crippen LogP contribution in [0.25, 0.3) is 0 Å². The predicted molar refractivity (Wildman–Crippen MR) is 117 cm³/mol. The lowest BCUT2D eigenvalue weighted by atomic mass is 10.2. The second kappa shape index (κ2) is 9.94. The first-order valence-electron chi connectivity index (χ1n) is 8.29. The lowest BCUT2D eigenvalue weighted by molar-refractivity contribution is 0.0902. The van der Waals surface area contributed by atoms with Gasteiger partial charge >= 0.3 is 11.8 Å². The average molecular weight is 518 g/mol. The number of carbonyl (C=O) groups excluding carboxylic acids is 2. The minimum absolute atomic E-state index is 0.0417. The summed E-state index contributed by atoms with van der Waals surface area (Å²) in [5.41, 5.74) is 6.32. The van der Waals surface area contributed by atoms with Crippen molar-refractivity contribution in [3.05, 3.63) is 92.3 Å². The smallest absolute Gasteiger partial charge is 0.307 e. The molecule has 3 rings (SSSR count). The molecule has 7 nitrogen and oxygen atoms in total. The zero-order valence-electron chi connectivity index (χ0n) is 14.8. The summed E-state index contributed by atoms with van der Waals surface area (Å²) in [6.07, 6.45) is 3.00. The Labute approximate surface area is 183 Å². The van der Waals surface area contributed by atoms with Crippen LogP contribution in [0.5, 0.6) is 0 Å². The molecule has 1 aromatic heterocycles. The third kappa shape index (κ3) is 6.23. The Morgan fingerprint density at radius 3 is 1.45 bits per heavy atom. The van der Waals surface area contributed by atoms with Gasteiger partial charge in [-0.2, -0.15) is 10.2 Å². The van der Waals surface area contributed by atoms with E-state index in [2.05, 4.69) is 52.9 Å². The van der Waals surface area contributed by atoms with Gasteiger partial charge in [0.1, 0.15) is 0 Å². The molecule has 0 bridgehead atoms. The van der Waals surface area contributed by atoms with Crippen LogP contribution in [0.4, 0.5) is 0 Å². The van der Waals surface area contributed by atoms with Crippen molar-refractivity contribution in [1.29, 1.82) is 0 Å². The molecule has 0 aliphatic carbocycles. The fourth-order valence-electron chi connectivity index (χ4n) is 2.12. The maximum absolute atomic E-state index is 12.1. The van der Waals surface area contributed by atoms with E-state index >= 15 is 0 Å². The fourth-order valence-corrected chi connectivity index (χ4v) is 2.65. The molecule has 0 unspecified atom stereocenters. The second-order valence-corrected chi connectivity index (χ2v) is 7.50. The number of halogens is 2. The van der Waals surface area contributed by atoms with Crippen LogP contribution in [0.2, 0.25) is 0 Å². The number of carbonyl (C=O) groups is 2. The Hall–Kier alpha value is -3.04. The van der Waals surface area contributed by atoms with Crippen LogP contribution in [-0.4, -0.2) is 24.2 Å². The van der Waals surface area contributed by atoms with Gasteiger partial charge in [-0.15, -0.1) is 0 Å². The van der Waals surface area contributed by atoms with E-state index in [1.807, 2.05) is 48.5 Å². The molecule has 3 aromatic rings. The summed E-state index contributed by atoms with van der Waals surface area (Å²) >= 11 is 6.68. The molecular formula is C20H14Br2N4O3. The van der Waals surface area contributed by atoms with Crippen molar-refractivity contribution in [2.45, 2.75) is 0 Å². The molecule has 0 atom stereocenters. The van der Waals surface area contributed by atoms with Crippen molar-refractivity contribution >= 4 is 56.1 Å². The number of rotatable bonds is 6. The summed E-state index contributed by atoms with van der Waals surface area (Å²) in [5.74, 6) is -1.23. The SMILES string of the molecule is O=C(N/N=C/c1ccc(Br)cc1)c1ccc(C(=O)N/N=C/c2ccc(Br)cc2)o1. The Kier molecular flexibility index (Phi) is 7.09. The van der Waals surface area contributed by atoms with Crippen molar-refractivity contribution in [3.63, 3.8) is 0 Å². The van der Waals surface area contributed by atoms with Gasteiger partial charge in [0.15, 0.2) is 11.5 Å². The maximum Gasteiger partial charge on any atom is 0.307 e. The first-order chi connectivity index (χ1) is 14.0. The number of amides is 2. The number of nitrogens with zero attached hydrogens (tertiary/aromatic N) is 2. The number of hydrogen-bond donors (Lipinski definition) is 2. The van der Waals surface area contributed by atoms with Gasteiger partial charge < -0.3 is 4.42 Å². The van der Waals surface area contributed by atoms with Gasteiger partial charge in [-0.05, 0) is 47.5 Å². The number of nitrogens with one attached hydrogen (secondary N) is 2. The third-order valence-electron chi connectivity index (χ3n) is 3.55. The number of hydrazone groups is 2. The summed E-state index contributed by atoms with van der Waals surface area (Å²) in [7, 11) is 0. The summed E-state index contributed by atoms with van der Waals surface area (Å²) in [5, 5.41) is 7.73. The highest BCUT2D eigenvalue weighted by molar-refractivity contribution is 9.10. The first kappa shape index (κ1) is 20.7. The molecule has 0 aliphatic rings. The van der Waals surface area contributed by atoms with E-state index in [1.165, 1.54) is 24.6 Å². The molecule has 0 saturated carbocycles. The Bertz CT molecular complexity index is 974. The summed E-state index contributed by atoms with van der Waals surface area (Å²) in [6.45, 7) is 0. The number of hydrogen-bond acceptors (Lipinski definition) is 5. The topological polar surface area (TPSA) is 96.1 Å². The lowest BCUT2D eigenvalue weighted by Crippen LogP contribution is -2.18. The highest BCUT2D eigenvalue weighted by Crippen LogP contribution is 2.10. The first-order valence-corrected chi connectivity index (χ1v) is 9.87. The Balaban J connectivity index is 1.53. The van der Waals surface area contributed by atoms with Gasteiger partial charge in [0.25, 0.3) is 0 Å². The van der Waals surface area contributed by atoms with Gasteiger partial charge in [0.05, 0.1) is 12.4 Å². The number of benzene rings is 2. The predicted octanol–water partition coefficient (Wildman–Crippen LogP) is 4.33. The fraction of sp³-hybridized carbons (Fsp3) is 0. The van der Waals surface area contributed by atoms with Crippen molar-refractivity contribution in [3.8, 4) is 0 Å². The lowest BCUT2D eigenvalue weighted by Gasteiger charge is -1.98. The van der Waals surface area contributed by atoms with E-state index < -0.39 is 11.8 Å². The van der Waals surface area contributed by atoms with Crippen LogP contribution in [0.1, 0.15) is 32.2 Å². The Morgan fingerprint density at radius 1 is 0.690 bits per heavy atom. The monoisotopic (exact) mass is 516 g/mol. The second-order valence-electron chi connectivity index (χ2n) is 5.67. The molecule has 0 fully saturated rings. The van der Waals surface area contributed by atoms with Crippen LogP contribution in [-0.2, 0) is 0 Å². The molecule has 2 amide bonds. The van der Waals surface area contributed by atoms with E-state index in [9.17, 15) is 9.59 Å². The highest BCUT2D eigenvalue weighted by Gasteiger charge is 2.15. The van der Waals surface area contributed by atoms with Crippen LogP contribution in [0.15, 0.2) is 84.2 Å². The van der Waals surface area contributed by atoms with Gasteiger partial charge in [-0.3, -0.25) is 9.59 Å². The maximum atomic E-state index is 12.1. The zero-order chi connectivity index (χ0) is 20.6. The zero-order valence-corrected chi connectivity index (χ0v) is 18.0. The van der Waals surface area contributed by atoms with E-state index in [4.69, 9.17) is 4.42 Å². The van der Waals surface area contributed by atoms with Crippen molar-refractivity contribution in [1.82, 2.24) is 10.9 Å². The summed E-state index contributed by atoms with van der Waals surface area (Å²) in [4.78, 5) is 24.1. The summed E-state index contributed by atoms with van der Waals surface area (Å²) < 4.78 is 7.15. The van der Waals surface area contributed by atoms with Crippen LogP contribution >= 0.6 is 31.9 Å². The molecular weight excluding hydrogens is 504 g/mol. The average Bonchev–Trinajstić information content (AvgIpc) is 3.21. The summed E-state index contributed by atoms with van der Waals surface area (Å²) in [6, 6.07) is 17.6. The molecule has 1 heterocycles. The highest BCUT2D eigenvalue weighted by atomic mass is 79.9. The van der Waals surface area contributed by atoms with E-state index in [0.29, 0.717) is 0 Å². The minimum atomic E-state index is -0.573. The van der Waals surface area contributed by atoms with E-state index in [1.54, 1.807) is 0 Å². The molecule has 0 saturated heterocycles. The molecule has 2 N–H and O–H groups in total. The number of furan rings is 1. The molecule has 0 aliphatic heterocycles. The van der Waals surface area contributed by atoms with Crippen molar-refractivity contribution in [2.75, 3.05) is 0 Å². The van der Waals surface area contributed by atoms with Crippen molar-refractivity contribution < 1.29 is 14.0 Å². The van der Waals surface area contributed by atoms with Crippen LogP contribution in [0.3, 0.4) is 0 Å². The van der Waals surface area contributed by atoms with E-state index in [-0.39, 0.29) is 11.5 Å². The third-order valence-corrected chi connectivity index (χ3v) is 4.61. The minimum Gasteiger partial charge on any atom is -0.446 e. The van der Waals surface area contributed by atoms with Gasteiger partial charge in [0, 0.05) is 8.95 Å². The van der Waals surface area contributed by atoms with Crippen molar-refractivity contribution in [2.24, 2.45) is 10.2 Å². The molecule has 29 heavy (non-hydrogen) atoms. The Morgan fingerprint density at radius 2 is 1.07 bits per heavy atom. The van der Waals surface area contributed by atoms with Gasteiger partial charge in [-0.1, -0.05) is 56.1 Å². The largest absolute Gasteiger partial charge is 0.446 e. The van der Waals surface area contributed by atoms with E-state index in [0.717, 1.165) is 20.1 Å². The molecule has 2 aromatic carbocycles. The van der Waals surface area contributed by atoms with Crippen LogP contribution in [0, 0.1) is 0 Å². The quantitative estimate of drug-likeness (QED) is 0.376. The molecule has 146 valence electrons. The molecule has 0 radical (unpaired) electrons. The molecule has 9 heteroatoms. The normalized spacial score (nSPS) is 11.1. The standard InChI is InChI=1S/C20H14Br2N4O3/c21-15-5-1-13(2-6-15)11-23-25-19(27)17-9-10-18(29-17)20(28)26-24-12-14-3-7-16(22)8-4-14/h1-12H,(H,25,27)(H,26,28)/b23-11+,24-12+.